The van der Waals surface area contributed by atoms with Crippen LogP contribution in [0, 0.1) is 190 Å². The van der Waals surface area contributed by atoms with Crippen LogP contribution in [0.15, 0.2) is 0 Å². The minimum absolute atomic E-state index is 0.176. The topological polar surface area (TPSA) is 120 Å². The van der Waals surface area contributed by atoms with Crippen molar-refractivity contribution in [2.45, 2.75) is 192 Å². The van der Waals surface area contributed by atoms with E-state index in [0.29, 0.717) is 45.6 Å². The summed E-state index contributed by atoms with van der Waals surface area (Å²) in [5.41, 5.74) is 0. The van der Waals surface area contributed by atoms with E-state index < -0.39 is 24.4 Å². The smallest absolute Gasteiger partial charge is 0.305 e. The first-order chi connectivity index (χ1) is 44.2. The minimum Gasteiger partial charge on any atom is -0.464 e. The molecule has 0 bridgehead atoms. The lowest BCUT2D eigenvalue weighted by Gasteiger charge is -2.34. The molecule has 0 spiro atoms. The highest BCUT2D eigenvalue weighted by Gasteiger charge is 2.19. The van der Waals surface area contributed by atoms with Crippen LogP contribution in [0.25, 0.3) is 0 Å². The molecule has 10 nitrogen and oxygen atoms in total. The summed E-state index contributed by atoms with van der Waals surface area (Å²) in [4.78, 5) is 21.8. The number of unbranched alkanes of at least 4 members (excludes halogenated alkanes) is 16. The summed E-state index contributed by atoms with van der Waals surface area (Å²) in [5.74, 6) is 77.1. The van der Waals surface area contributed by atoms with Crippen LogP contribution in [0.2, 0.25) is 0 Å². The first kappa shape index (κ1) is 80.8. The predicted octanol–water partition coefficient (Wildman–Crippen LogP) is 8.29. The van der Waals surface area contributed by atoms with E-state index >= 15 is 0 Å². The van der Waals surface area contributed by atoms with Gasteiger partial charge in [-0.15, -0.1) is 12.8 Å². The second-order valence-electron chi connectivity index (χ2n) is 21.3. The SMILES string of the molecule is C#CC#CC#CC#CC#CC#CC#CC#CC(O)CN(CCCCSSCCCCN1CCN(CCOC(=O)CCCN(CC(O)CCCCCCCCCC)CC(O)CCCCCCCCCC)CC1)CC(O)C#CC#CC#CC#CC#CC#CC#CC#C. The van der Waals surface area contributed by atoms with Gasteiger partial charge in [-0.3, -0.25) is 19.5 Å². The highest BCUT2D eigenvalue weighted by molar-refractivity contribution is 8.76. The van der Waals surface area contributed by atoms with Crippen molar-refractivity contribution in [3.8, 4) is 190 Å². The third kappa shape index (κ3) is 56.1. The van der Waals surface area contributed by atoms with Crippen molar-refractivity contribution in [1.29, 1.82) is 0 Å². The maximum Gasteiger partial charge on any atom is 0.305 e. The molecule has 0 aliphatic carbocycles. The van der Waals surface area contributed by atoms with E-state index in [2.05, 4.69) is 206 Å². The second-order valence-corrected chi connectivity index (χ2v) is 24.0. The predicted molar refractivity (Wildman–Crippen MR) is 374 cm³/mol. The first-order valence-electron chi connectivity index (χ1n) is 32.1. The average Bonchev–Trinajstić information content (AvgIpc) is 3.67. The van der Waals surface area contributed by atoms with Crippen LogP contribution in [0.4, 0.5) is 0 Å². The Morgan fingerprint density at radius 2 is 0.744 bits per heavy atom. The molecule has 1 saturated heterocycles. The molecule has 90 heavy (non-hydrogen) atoms. The number of aliphatic hydroxyl groups excluding tert-OH is 4. The molecule has 1 aliphatic rings. The van der Waals surface area contributed by atoms with Gasteiger partial charge in [0.1, 0.15) is 18.8 Å². The van der Waals surface area contributed by atoms with Crippen LogP contribution in [0.1, 0.15) is 168 Å². The van der Waals surface area contributed by atoms with Gasteiger partial charge < -0.3 is 30.1 Å². The highest BCUT2D eigenvalue weighted by Crippen LogP contribution is 2.24. The lowest BCUT2D eigenvalue weighted by atomic mass is 10.0. The zero-order valence-corrected chi connectivity index (χ0v) is 55.4. The summed E-state index contributed by atoms with van der Waals surface area (Å²) in [5, 5.41) is 43.5. The number of esters is 1. The first-order valence-corrected chi connectivity index (χ1v) is 34.6. The fourth-order valence-corrected chi connectivity index (χ4v) is 11.3. The molecule has 12 heteroatoms. The van der Waals surface area contributed by atoms with Crippen molar-refractivity contribution in [2.75, 3.05) is 96.6 Å². The van der Waals surface area contributed by atoms with Crippen molar-refractivity contribution >= 4 is 27.6 Å². The summed E-state index contributed by atoms with van der Waals surface area (Å²) < 4.78 is 5.70. The van der Waals surface area contributed by atoms with Gasteiger partial charge in [-0.2, -0.15) is 0 Å². The van der Waals surface area contributed by atoms with Gasteiger partial charge >= 0.3 is 5.97 Å². The number of nitrogens with zero attached hydrogens (tertiary/aromatic N) is 4. The van der Waals surface area contributed by atoms with E-state index in [1.807, 2.05) is 26.5 Å². The quantitative estimate of drug-likeness (QED) is 0.0204. The van der Waals surface area contributed by atoms with E-state index in [1.165, 1.54) is 77.0 Å². The monoisotopic (exact) mass is 1250 g/mol. The molecule has 0 saturated carbocycles. The summed E-state index contributed by atoms with van der Waals surface area (Å²) in [6, 6.07) is 0. The Balaban J connectivity index is 2.52. The number of carbonyl (C=O) groups is 1. The van der Waals surface area contributed by atoms with Gasteiger partial charge in [0, 0.05) is 76.8 Å². The maximum atomic E-state index is 12.8. The Bertz CT molecular complexity index is 2900. The average molecular weight is 1250 g/mol. The number of terminal acetylenes is 2. The molecule has 1 fully saturated rings. The number of piperazine rings is 1. The van der Waals surface area contributed by atoms with Crippen molar-refractivity contribution in [1.82, 2.24) is 19.6 Å². The molecule has 474 valence electrons. The molecule has 0 aromatic rings. The van der Waals surface area contributed by atoms with Crippen LogP contribution >= 0.6 is 21.6 Å². The van der Waals surface area contributed by atoms with Gasteiger partial charge in [-0.05, 0) is 230 Å². The summed E-state index contributed by atoms with van der Waals surface area (Å²) in [6.45, 7) is 13.3. The van der Waals surface area contributed by atoms with Crippen LogP contribution in [-0.4, -0.2) is 167 Å². The Kier molecular flexibility index (Phi) is 56.9. The molecule has 0 radical (unpaired) electrons. The van der Waals surface area contributed by atoms with E-state index in [4.69, 9.17) is 17.6 Å². The third-order valence-corrected chi connectivity index (χ3v) is 16.3. The Morgan fingerprint density at radius 1 is 0.411 bits per heavy atom. The van der Waals surface area contributed by atoms with Crippen LogP contribution < -0.4 is 0 Å². The molecular formula is C78H94N4O6S2. The van der Waals surface area contributed by atoms with E-state index in [-0.39, 0.29) is 19.1 Å². The van der Waals surface area contributed by atoms with Gasteiger partial charge in [0.15, 0.2) is 0 Å². The molecule has 0 aromatic heterocycles. The zero-order chi connectivity index (χ0) is 65.1. The van der Waals surface area contributed by atoms with Gasteiger partial charge in [0.05, 0.1) is 12.2 Å². The molecule has 1 aliphatic heterocycles. The maximum absolute atomic E-state index is 12.8. The third-order valence-electron chi connectivity index (χ3n) is 13.7. The minimum atomic E-state index is -1.03. The van der Waals surface area contributed by atoms with Crippen LogP contribution in [0.3, 0.4) is 0 Å². The number of hydrogen-bond acceptors (Lipinski definition) is 12. The molecule has 1 rings (SSSR count). The Hall–Kier alpha value is -7.19. The molecule has 4 atom stereocenters. The second kappa shape index (κ2) is 63.4. The Morgan fingerprint density at radius 3 is 1.14 bits per heavy atom. The van der Waals surface area contributed by atoms with Gasteiger partial charge in [-0.1, -0.05) is 150 Å². The zero-order valence-electron chi connectivity index (χ0n) is 53.8. The lowest BCUT2D eigenvalue weighted by molar-refractivity contribution is -0.144. The standard InChI is InChI=1S/C78H94N4O6S2/c1-5-9-13-17-21-25-27-29-31-33-35-39-43-47-54-74(83)70-81(71-75(84)55-48-44-40-36-34-32-30-28-26-22-18-14-10-6-2)60-50-52-69-90-89-68-51-49-59-79-62-64-80(65-63-79)66-67-88-78(87)58-53-61-82(72-76(85)56-45-41-37-23-19-15-11-7-3)73-77(86)57-46-42-38-24-20-16-12-8-4/h1-2,74-77,83-86H,7-8,11-12,15-16,19-20,23-24,37-38,41-42,45-46,49-53,56-73H2,3-4H3. The van der Waals surface area contributed by atoms with Gasteiger partial charge in [-0.25, -0.2) is 0 Å². The molecule has 1 heterocycles. The van der Waals surface area contributed by atoms with Crippen LogP contribution in [-0.2, 0) is 9.53 Å². The Labute approximate surface area is 553 Å². The van der Waals surface area contributed by atoms with E-state index in [0.717, 1.165) is 115 Å². The van der Waals surface area contributed by atoms with Crippen LogP contribution in [0.5, 0.6) is 0 Å². The fraction of sp³-hybridized carbons (Fsp3) is 0.577. The lowest BCUT2D eigenvalue weighted by Crippen LogP contribution is -2.47. The molecule has 4 unspecified atom stereocenters. The molecule has 0 aromatic carbocycles. The van der Waals surface area contributed by atoms with E-state index in [1.54, 1.807) is 0 Å². The normalized spacial score (nSPS) is 12.1. The number of hydrogen-bond donors (Lipinski definition) is 4. The van der Waals surface area contributed by atoms with Crippen molar-refractivity contribution < 1.29 is 30.0 Å². The van der Waals surface area contributed by atoms with Crippen molar-refractivity contribution in [3.63, 3.8) is 0 Å². The van der Waals surface area contributed by atoms with Gasteiger partial charge in [0.2, 0.25) is 0 Å². The fourth-order valence-electron chi connectivity index (χ4n) is 9.05. The highest BCUT2D eigenvalue weighted by atomic mass is 33.1. The molecular weight excluding hydrogens is 1150 g/mol. The number of rotatable bonds is 44. The van der Waals surface area contributed by atoms with Gasteiger partial charge in [0.25, 0.3) is 0 Å². The molecule has 4 N–H and O–H groups in total. The number of ether oxygens (including phenoxy) is 1. The van der Waals surface area contributed by atoms with E-state index in [9.17, 15) is 25.2 Å². The number of carbonyl (C=O) groups excluding carboxylic acids is 1. The van der Waals surface area contributed by atoms with Crippen molar-refractivity contribution in [2.24, 2.45) is 0 Å². The summed E-state index contributed by atoms with van der Waals surface area (Å²) >= 11 is 0. The summed E-state index contributed by atoms with van der Waals surface area (Å²) in [7, 11) is 3.76. The molecule has 0 amide bonds. The van der Waals surface area contributed by atoms with Crippen molar-refractivity contribution in [3.05, 3.63) is 0 Å². The summed E-state index contributed by atoms with van der Waals surface area (Å²) in [6.07, 6.45) is 33.5. The largest absolute Gasteiger partial charge is 0.464 e. The number of aliphatic hydroxyl groups is 4.